The Hall–Kier alpha value is -2.83. The summed E-state index contributed by atoms with van der Waals surface area (Å²) in [5, 5.41) is 2.86. The lowest BCUT2D eigenvalue weighted by atomic mass is 10.2. The topological polar surface area (TPSA) is 76.6 Å². The highest BCUT2D eigenvalue weighted by molar-refractivity contribution is 5.93. The average Bonchev–Trinajstić information content (AvgIpc) is 2.69. The van der Waals surface area contributed by atoms with E-state index in [0.29, 0.717) is 29.6 Å². The Balaban J connectivity index is 1.95. The highest BCUT2D eigenvalue weighted by Crippen LogP contribution is 2.27. The zero-order valence-electron chi connectivity index (χ0n) is 15.8. The third kappa shape index (κ3) is 5.08. The van der Waals surface area contributed by atoms with Gasteiger partial charge in [0.15, 0.2) is 11.5 Å². The van der Waals surface area contributed by atoms with Crippen LogP contribution in [0.3, 0.4) is 0 Å². The van der Waals surface area contributed by atoms with Gasteiger partial charge in [0.05, 0.1) is 19.8 Å². The van der Waals surface area contributed by atoms with Crippen molar-refractivity contribution in [3.63, 3.8) is 0 Å². The highest BCUT2D eigenvalue weighted by Gasteiger charge is 2.10. The van der Waals surface area contributed by atoms with Gasteiger partial charge in [-0.3, -0.25) is 4.79 Å². The molecule has 0 atom stereocenters. The van der Waals surface area contributed by atoms with E-state index >= 15 is 0 Å². The molecule has 0 saturated heterocycles. The van der Waals surface area contributed by atoms with E-state index < -0.39 is 0 Å². The molecule has 0 saturated carbocycles. The zero-order valence-corrected chi connectivity index (χ0v) is 15.8. The SMILES string of the molecule is CCCCN(C)c1ncc(C(=O)NCc2ccc(OC)c(OC)c2)cn1. The zero-order chi connectivity index (χ0) is 18.9. The smallest absolute Gasteiger partial charge is 0.254 e. The van der Waals surface area contributed by atoms with Gasteiger partial charge >= 0.3 is 0 Å². The van der Waals surface area contributed by atoms with E-state index in [4.69, 9.17) is 9.47 Å². The number of aromatic nitrogens is 2. The van der Waals surface area contributed by atoms with Crippen LogP contribution in [0.5, 0.6) is 11.5 Å². The number of anilines is 1. The molecule has 140 valence electrons. The fourth-order valence-corrected chi connectivity index (χ4v) is 2.41. The van der Waals surface area contributed by atoms with Crippen molar-refractivity contribution in [1.29, 1.82) is 0 Å². The summed E-state index contributed by atoms with van der Waals surface area (Å²) in [6.45, 7) is 3.40. The molecule has 1 N–H and O–H groups in total. The summed E-state index contributed by atoms with van der Waals surface area (Å²) >= 11 is 0. The minimum absolute atomic E-state index is 0.220. The lowest BCUT2D eigenvalue weighted by Gasteiger charge is -2.16. The Morgan fingerprint density at radius 1 is 1.15 bits per heavy atom. The molecule has 0 spiro atoms. The average molecular weight is 358 g/mol. The van der Waals surface area contributed by atoms with E-state index in [1.165, 1.54) is 0 Å². The maximum Gasteiger partial charge on any atom is 0.254 e. The van der Waals surface area contributed by atoms with Crippen molar-refractivity contribution >= 4 is 11.9 Å². The molecular weight excluding hydrogens is 332 g/mol. The van der Waals surface area contributed by atoms with Crippen LogP contribution >= 0.6 is 0 Å². The molecule has 0 aliphatic carbocycles. The number of rotatable bonds is 9. The van der Waals surface area contributed by atoms with Gasteiger partial charge in [0, 0.05) is 32.5 Å². The molecule has 1 aromatic carbocycles. The number of carbonyl (C=O) groups excluding carboxylic acids is 1. The Morgan fingerprint density at radius 2 is 1.85 bits per heavy atom. The van der Waals surface area contributed by atoms with Gasteiger partial charge in [-0.1, -0.05) is 19.4 Å². The first-order valence-corrected chi connectivity index (χ1v) is 8.61. The lowest BCUT2D eigenvalue weighted by Crippen LogP contribution is -2.24. The number of nitrogens with zero attached hydrogens (tertiary/aromatic N) is 3. The van der Waals surface area contributed by atoms with E-state index in [9.17, 15) is 4.79 Å². The summed E-state index contributed by atoms with van der Waals surface area (Å²) in [7, 11) is 5.11. The van der Waals surface area contributed by atoms with Gasteiger partial charge in [0.25, 0.3) is 5.91 Å². The van der Waals surface area contributed by atoms with Crippen molar-refractivity contribution in [2.45, 2.75) is 26.3 Å². The van der Waals surface area contributed by atoms with Crippen LogP contribution in [0, 0.1) is 0 Å². The van der Waals surface area contributed by atoms with Gasteiger partial charge in [0.1, 0.15) is 0 Å². The standard InChI is InChI=1S/C19H26N4O3/c1-5-6-9-23(2)19-21-12-15(13-22-19)18(24)20-11-14-7-8-16(25-3)17(10-14)26-4/h7-8,10,12-13H,5-6,9,11H2,1-4H3,(H,20,24). The van der Waals surface area contributed by atoms with Crippen molar-refractivity contribution < 1.29 is 14.3 Å². The molecule has 0 bridgehead atoms. The third-order valence-electron chi connectivity index (χ3n) is 3.99. The van der Waals surface area contributed by atoms with Gasteiger partial charge < -0.3 is 19.7 Å². The summed E-state index contributed by atoms with van der Waals surface area (Å²) in [5.74, 6) is 1.68. The second kappa shape index (κ2) is 9.60. The summed E-state index contributed by atoms with van der Waals surface area (Å²) < 4.78 is 10.5. The van der Waals surface area contributed by atoms with Crippen LogP contribution in [0.1, 0.15) is 35.7 Å². The van der Waals surface area contributed by atoms with Crippen LogP contribution in [0.15, 0.2) is 30.6 Å². The van der Waals surface area contributed by atoms with Gasteiger partial charge in [-0.2, -0.15) is 0 Å². The molecular formula is C19H26N4O3. The van der Waals surface area contributed by atoms with Crippen molar-refractivity contribution in [1.82, 2.24) is 15.3 Å². The van der Waals surface area contributed by atoms with E-state index in [-0.39, 0.29) is 5.91 Å². The quantitative estimate of drug-likeness (QED) is 0.743. The first kappa shape index (κ1) is 19.5. The summed E-state index contributed by atoms with van der Waals surface area (Å²) in [6, 6.07) is 5.52. The minimum Gasteiger partial charge on any atom is -0.493 e. The van der Waals surface area contributed by atoms with Gasteiger partial charge in [-0.15, -0.1) is 0 Å². The van der Waals surface area contributed by atoms with Crippen LogP contribution in [0.2, 0.25) is 0 Å². The number of benzene rings is 1. The number of nitrogens with one attached hydrogen (secondary N) is 1. The van der Waals surface area contributed by atoms with Crippen molar-refractivity contribution in [3.05, 3.63) is 41.7 Å². The molecule has 1 heterocycles. The predicted octanol–water partition coefficient (Wildman–Crippen LogP) is 2.66. The van der Waals surface area contributed by atoms with E-state index in [2.05, 4.69) is 22.2 Å². The Labute approximate surface area is 154 Å². The van der Waals surface area contributed by atoms with Crippen molar-refractivity contribution in [2.75, 3.05) is 32.7 Å². The first-order chi connectivity index (χ1) is 12.6. The predicted molar refractivity (Wildman–Crippen MR) is 101 cm³/mol. The van der Waals surface area contributed by atoms with Gasteiger partial charge in [0.2, 0.25) is 5.95 Å². The number of ether oxygens (including phenoxy) is 2. The number of carbonyl (C=O) groups is 1. The second-order valence-electron chi connectivity index (χ2n) is 5.92. The summed E-state index contributed by atoms with van der Waals surface area (Å²) in [5.41, 5.74) is 1.34. The largest absolute Gasteiger partial charge is 0.493 e. The molecule has 0 fully saturated rings. The normalized spacial score (nSPS) is 10.3. The monoisotopic (exact) mass is 358 g/mol. The molecule has 0 unspecified atom stereocenters. The maximum absolute atomic E-state index is 12.3. The van der Waals surface area contributed by atoms with Crippen LogP contribution in [0.4, 0.5) is 5.95 Å². The van der Waals surface area contributed by atoms with Crippen LogP contribution in [-0.2, 0) is 6.54 Å². The van der Waals surface area contributed by atoms with Gasteiger partial charge in [-0.25, -0.2) is 9.97 Å². The summed E-state index contributed by atoms with van der Waals surface area (Å²) in [6.07, 6.45) is 5.29. The molecule has 0 aliphatic heterocycles. The van der Waals surface area contributed by atoms with Crippen LogP contribution in [0.25, 0.3) is 0 Å². The molecule has 0 radical (unpaired) electrons. The fraction of sp³-hybridized carbons (Fsp3) is 0.421. The number of hydrogen-bond donors (Lipinski definition) is 1. The highest BCUT2D eigenvalue weighted by atomic mass is 16.5. The van der Waals surface area contributed by atoms with Crippen molar-refractivity contribution in [3.8, 4) is 11.5 Å². The van der Waals surface area contributed by atoms with E-state index in [1.54, 1.807) is 26.6 Å². The molecule has 7 nitrogen and oxygen atoms in total. The third-order valence-corrected chi connectivity index (χ3v) is 3.99. The molecule has 2 aromatic rings. The van der Waals surface area contributed by atoms with E-state index in [1.807, 2.05) is 30.1 Å². The maximum atomic E-state index is 12.3. The fourth-order valence-electron chi connectivity index (χ4n) is 2.41. The molecule has 2 rings (SSSR count). The Bertz CT molecular complexity index is 719. The van der Waals surface area contributed by atoms with Crippen LogP contribution in [-0.4, -0.2) is 43.7 Å². The molecule has 0 aliphatic rings. The summed E-state index contributed by atoms with van der Waals surface area (Å²) in [4.78, 5) is 22.8. The lowest BCUT2D eigenvalue weighted by molar-refractivity contribution is 0.0950. The first-order valence-electron chi connectivity index (χ1n) is 8.61. The molecule has 1 amide bonds. The van der Waals surface area contributed by atoms with Crippen molar-refractivity contribution in [2.24, 2.45) is 0 Å². The second-order valence-corrected chi connectivity index (χ2v) is 5.92. The molecule has 1 aromatic heterocycles. The number of amides is 1. The molecule has 7 heteroatoms. The number of unbranched alkanes of at least 4 members (excludes halogenated alkanes) is 1. The number of hydrogen-bond acceptors (Lipinski definition) is 6. The number of methoxy groups -OCH3 is 2. The van der Waals surface area contributed by atoms with Gasteiger partial charge in [-0.05, 0) is 24.1 Å². The Morgan fingerprint density at radius 3 is 2.46 bits per heavy atom. The molecule has 26 heavy (non-hydrogen) atoms. The van der Waals surface area contributed by atoms with Crippen LogP contribution < -0.4 is 19.7 Å². The minimum atomic E-state index is -0.220. The van der Waals surface area contributed by atoms with E-state index in [0.717, 1.165) is 24.9 Å². The Kier molecular flexibility index (Phi) is 7.20.